The Hall–Kier alpha value is -2.82. The molecule has 0 spiro atoms. The van der Waals surface area contributed by atoms with Gasteiger partial charge >= 0.3 is 0 Å². The predicted molar refractivity (Wildman–Crippen MR) is 101 cm³/mol. The van der Waals surface area contributed by atoms with Crippen LogP contribution in [0.15, 0.2) is 54.6 Å². The van der Waals surface area contributed by atoms with Crippen LogP contribution in [-0.2, 0) is 4.79 Å². The first kappa shape index (κ1) is 18.0. The van der Waals surface area contributed by atoms with Crippen molar-refractivity contribution in [3.63, 3.8) is 0 Å². The summed E-state index contributed by atoms with van der Waals surface area (Å²) >= 11 is 0. The van der Waals surface area contributed by atoms with Crippen LogP contribution in [0, 0.1) is 5.92 Å². The molecule has 1 saturated heterocycles. The monoisotopic (exact) mass is 352 g/mol. The van der Waals surface area contributed by atoms with Gasteiger partial charge in [-0.15, -0.1) is 0 Å². The number of rotatable bonds is 5. The first-order valence-corrected chi connectivity index (χ1v) is 9.05. The highest BCUT2D eigenvalue weighted by Gasteiger charge is 2.28. The van der Waals surface area contributed by atoms with E-state index in [1.807, 2.05) is 54.3 Å². The Morgan fingerprint density at radius 1 is 1.08 bits per heavy atom. The summed E-state index contributed by atoms with van der Waals surface area (Å²) in [5.74, 6) is 0.666. The summed E-state index contributed by atoms with van der Waals surface area (Å²) in [5, 5.41) is 2.95. The van der Waals surface area contributed by atoms with Crippen LogP contribution < -0.4 is 10.1 Å². The minimum absolute atomic E-state index is 0.00605. The molecule has 0 radical (unpaired) electrons. The number of carbonyl (C=O) groups excluding carboxylic acids is 2. The highest BCUT2D eigenvalue weighted by atomic mass is 16.5. The summed E-state index contributed by atoms with van der Waals surface area (Å²) in [6, 6.07) is 16.7. The minimum Gasteiger partial charge on any atom is -0.494 e. The summed E-state index contributed by atoms with van der Waals surface area (Å²) in [4.78, 5) is 26.9. The SMILES string of the molecule is CCOc1cccc(C(=O)N2CCC(C(=O)Nc3ccccc3)CC2)c1. The van der Waals surface area contributed by atoms with Gasteiger partial charge in [0.15, 0.2) is 0 Å². The quantitative estimate of drug-likeness (QED) is 0.895. The minimum atomic E-state index is -0.0611. The molecule has 1 fully saturated rings. The summed E-state index contributed by atoms with van der Waals surface area (Å²) in [5.41, 5.74) is 1.44. The van der Waals surface area contributed by atoms with E-state index in [1.165, 1.54) is 0 Å². The van der Waals surface area contributed by atoms with Crippen LogP contribution in [0.1, 0.15) is 30.1 Å². The molecule has 0 aliphatic carbocycles. The van der Waals surface area contributed by atoms with E-state index in [9.17, 15) is 9.59 Å². The number of nitrogens with zero attached hydrogens (tertiary/aromatic N) is 1. The van der Waals surface area contributed by atoms with Crippen molar-refractivity contribution >= 4 is 17.5 Å². The fourth-order valence-electron chi connectivity index (χ4n) is 3.18. The number of hydrogen-bond donors (Lipinski definition) is 1. The Kier molecular flexibility index (Phi) is 5.89. The lowest BCUT2D eigenvalue weighted by Gasteiger charge is -2.31. The van der Waals surface area contributed by atoms with Crippen LogP contribution in [0.2, 0.25) is 0 Å². The molecule has 0 atom stereocenters. The molecule has 0 unspecified atom stereocenters. The summed E-state index contributed by atoms with van der Waals surface area (Å²) in [6.07, 6.45) is 1.35. The van der Waals surface area contributed by atoms with Crippen LogP contribution in [0.25, 0.3) is 0 Å². The highest BCUT2D eigenvalue weighted by molar-refractivity contribution is 5.95. The van der Waals surface area contributed by atoms with Crippen molar-refractivity contribution in [2.24, 2.45) is 5.92 Å². The third-order valence-corrected chi connectivity index (χ3v) is 4.59. The van der Waals surface area contributed by atoms with Gasteiger partial charge in [0.25, 0.3) is 5.91 Å². The number of nitrogens with one attached hydrogen (secondary N) is 1. The molecule has 3 rings (SSSR count). The first-order valence-electron chi connectivity index (χ1n) is 9.05. The number of likely N-dealkylation sites (tertiary alicyclic amines) is 1. The second kappa shape index (κ2) is 8.52. The van der Waals surface area contributed by atoms with E-state index in [1.54, 1.807) is 12.1 Å². The zero-order valence-electron chi connectivity index (χ0n) is 15.0. The lowest BCUT2D eigenvalue weighted by molar-refractivity contribution is -0.121. The van der Waals surface area contributed by atoms with Crippen molar-refractivity contribution in [2.45, 2.75) is 19.8 Å². The van der Waals surface area contributed by atoms with Crippen molar-refractivity contribution in [3.05, 3.63) is 60.2 Å². The van der Waals surface area contributed by atoms with Gasteiger partial charge in [-0.3, -0.25) is 9.59 Å². The number of amides is 2. The number of hydrogen-bond acceptors (Lipinski definition) is 3. The third-order valence-electron chi connectivity index (χ3n) is 4.59. The number of benzene rings is 2. The first-order chi connectivity index (χ1) is 12.7. The fourth-order valence-corrected chi connectivity index (χ4v) is 3.18. The van der Waals surface area contributed by atoms with Crippen molar-refractivity contribution in [1.82, 2.24) is 4.90 Å². The molecule has 1 aliphatic rings. The molecule has 5 heteroatoms. The van der Waals surface area contributed by atoms with Gasteiger partial charge in [0.1, 0.15) is 5.75 Å². The van der Waals surface area contributed by atoms with Gasteiger partial charge in [0.2, 0.25) is 5.91 Å². The van der Waals surface area contributed by atoms with Crippen LogP contribution >= 0.6 is 0 Å². The lowest BCUT2D eigenvalue weighted by Crippen LogP contribution is -2.41. The second-order valence-corrected chi connectivity index (χ2v) is 6.38. The van der Waals surface area contributed by atoms with Crippen LogP contribution in [0.5, 0.6) is 5.75 Å². The number of ether oxygens (including phenoxy) is 1. The molecule has 1 aliphatic heterocycles. The van der Waals surface area contributed by atoms with Crippen LogP contribution in [-0.4, -0.2) is 36.4 Å². The van der Waals surface area contributed by atoms with E-state index in [2.05, 4.69) is 5.32 Å². The van der Waals surface area contributed by atoms with E-state index in [0.29, 0.717) is 43.9 Å². The van der Waals surface area contributed by atoms with Crippen LogP contribution in [0.3, 0.4) is 0 Å². The topological polar surface area (TPSA) is 58.6 Å². The van der Waals surface area contributed by atoms with E-state index < -0.39 is 0 Å². The number of anilines is 1. The molecule has 5 nitrogen and oxygen atoms in total. The second-order valence-electron chi connectivity index (χ2n) is 6.38. The Morgan fingerprint density at radius 2 is 1.81 bits per heavy atom. The highest BCUT2D eigenvalue weighted by Crippen LogP contribution is 2.22. The van der Waals surface area contributed by atoms with Crippen molar-refractivity contribution in [3.8, 4) is 5.75 Å². The maximum absolute atomic E-state index is 12.7. The van der Waals surface area contributed by atoms with Gasteiger partial charge in [-0.25, -0.2) is 0 Å². The number of carbonyl (C=O) groups is 2. The van der Waals surface area contributed by atoms with E-state index in [4.69, 9.17) is 4.74 Å². The standard InChI is InChI=1S/C21H24N2O3/c1-2-26-19-10-6-7-17(15-19)21(25)23-13-11-16(12-14-23)20(24)22-18-8-4-3-5-9-18/h3-10,15-16H,2,11-14H2,1H3,(H,22,24). The maximum atomic E-state index is 12.7. The molecule has 0 bridgehead atoms. The Morgan fingerprint density at radius 3 is 2.50 bits per heavy atom. The molecule has 0 aromatic heterocycles. The largest absolute Gasteiger partial charge is 0.494 e. The van der Waals surface area contributed by atoms with Gasteiger partial charge < -0.3 is 15.0 Å². The predicted octanol–water partition coefficient (Wildman–Crippen LogP) is 3.58. The smallest absolute Gasteiger partial charge is 0.253 e. The van der Waals surface area contributed by atoms with Gasteiger partial charge in [-0.2, -0.15) is 0 Å². The van der Waals surface area contributed by atoms with Crippen molar-refractivity contribution < 1.29 is 14.3 Å². The maximum Gasteiger partial charge on any atom is 0.253 e. The molecule has 1 heterocycles. The van der Waals surface area contributed by atoms with E-state index in [-0.39, 0.29) is 17.7 Å². The Labute approximate surface area is 154 Å². The molecule has 0 saturated carbocycles. The zero-order chi connectivity index (χ0) is 18.4. The molecule has 136 valence electrons. The molecular formula is C21H24N2O3. The van der Waals surface area contributed by atoms with E-state index >= 15 is 0 Å². The molecular weight excluding hydrogens is 328 g/mol. The summed E-state index contributed by atoms with van der Waals surface area (Å²) < 4.78 is 5.47. The van der Waals surface area contributed by atoms with Crippen molar-refractivity contribution in [1.29, 1.82) is 0 Å². The molecule has 26 heavy (non-hydrogen) atoms. The van der Waals surface area contributed by atoms with Gasteiger partial charge in [0, 0.05) is 30.3 Å². The average Bonchev–Trinajstić information content (AvgIpc) is 2.69. The number of piperidine rings is 1. The molecule has 2 amide bonds. The fraction of sp³-hybridized carbons (Fsp3) is 0.333. The molecule has 2 aromatic carbocycles. The summed E-state index contributed by atoms with van der Waals surface area (Å²) in [7, 11) is 0. The van der Waals surface area contributed by atoms with Gasteiger partial charge in [-0.05, 0) is 50.1 Å². The Balaban J connectivity index is 1.55. The van der Waals surface area contributed by atoms with Gasteiger partial charge in [0.05, 0.1) is 6.61 Å². The number of para-hydroxylation sites is 1. The summed E-state index contributed by atoms with van der Waals surface area (Å²) in [6.45, 7) is 3.66. The normalized spacial score (nSPS) is 14.7. The van der Waals surface area contributed by atoms with E-state index in [0.717, 1.165) is 5.69 Å². The van der Waals surface area contributed by atoms with Gasteiger partial charge in [-0.1, -0.05) is 24.3 Å². The average molecular weight is 352 g/mol. The third kappa shape index (κ3) is 4.42. The Bertz CT molecular complexity index is 753. The lowest BCUT2D eigenvalue weighted by atomic mass is 9.95. The van der Waals surface area contributed by atoms with Crippen LogP contribution in [0.4, 0.5) is 5.69 Å². The zero-order valence-corrected chi connectivity index (χ0v) is 15.0. The molecule has 1 N–H and O–H groups in total. The molecule has 2 aromatic rings. The van der Waals surface area contributed by atoms with Crippen molar-refractivity contribution in [2.75, 3.05) is 25.0 Å².